The number of H-pyrrole nitrogens is 1. The second-order valence-corrected chi connectivity index (χ2v) is 3.39. The fourth-order valence-electron chi connectivity index (χ4n) is 1.40. The highest BCUT2D eigenvalue weighted by Crippen LogP contribution is 2.07. The number of fused-ring (bicyclic) bond motifs is 1. The molecule has 1 aromatic carbocycles. The summed E-state index contributed by atoms with van der Waals surface area (Å²) in [6.07, 6.45) is 5.08. The number of benzene rings is 1. The van der Waals surface area contributed by atoms with E-state index >= 15 is 0 Å². The summed E-state index contributed by atoms with van der Waals surface area (Å²) in [4.78, 5) is 10.6. The van der Waals surface area contributed by atoms with Crippen LogP contribution in [-0.2, 0) is 6.61 Å². The minimum absolute atomic E-state index is 0.00694. The molecule has 0 amide bonds. The molecule has 0 spiro atoms. The Morgan fingerprint density at radius 3 is 2.47 bits per heavy atom. The third-order valence-corrected chi connectivity index (χ3v) is 2.22. The second kappa shape index (κ2) is 5.77. The zero-order chi connectivity index (χ0) is 11.9. The third kappa shape index (κ3) is 3.12. The van der Waals surface area contributed by atoms with E-state index in [1.54, 1.807) is 12.4 Å². The molecule has 0 aliphatic carbocycles. The van der Waals surface area contributed by atoms with Gasteiger partial charge in [-0.2, -0.15) is 0 Å². The zero-order valence-electron chi connectivity index (χ0n) is 9.24. The highest BCUT2D eigenvalue weighted by molar-refractivity contribution is 5.77. The number of pyridine rings is 1. The summed E-state index contributed by atoms with van der Waals surface area (Å²) >= 11 is 0. The third-order valence-electron chi connectivity index (χ3n) is 2.22. The van der Waals surface area contributed by atoms with Crippen LogP contribution in [0.4, 0.5) is 0 Å². The molecule has 4 heteroatoms. The fraction of sp³-hybridized carbons (Fsp3) is 0.0769. The molecule has 0 fully saturated rings. The van der Waals surface area contributed by atoms with Crippen LogP contribution in [0.5, 0.6) is 0 Å². The maximum absolute atomic E-state index is 8.33. The smallest absolute Gasteiger partial charge is 0.131 e. The molecule has 2 heterocycles. The Hall–Kier alpha value is -2.20. The maximum Gasteiger partial charge on any atom is 0.131 e. The predicted octanol–water partition coefficient (Wildman–Crippen LogP) is 2.14. The van der Waals surface area contributed by atoms with Gasteiger partial charge in [-0.15, -0.1) is 0 Å². The van der Waals surface area contributed by atoms with Crippen molar-refractivity contribution in [1.29, 1.82) is 0 Å². The van der Waals surface area contributed by atoms with Gasteiger partial charge < -0.3 is 10.1 Å². The van der Waals surface area contributed by atoms with Gasteiger partial charge in [0.1, 0.15) is 12.4 Å². The van der Waals surface area contributed by atoms with Crippen molar-refractivity contribution in [3.63, 3.8) is 0 Å². The lowest BCUT2D eigenvalue weighted by molar-refractivity contribution is 0.272. The topological polar surface area (TPSA) is 61.8 Å². The maximum atomic E-state index is 8.33. The van der Waals surface area contributed by atoms with E-state index < -0.39 is 0 Å². The van der Waals surface area contributed by atoms with Crippen LogP contribution in [0.15, 0.2) is 55.0 Å². The molecule has 0 aliphatic rings. The lowest BCUT2D eigenvalue weighted by atomic mass is 10.2. The van der Waals surface area contributed by atoms with Gasteiger partial charge in [0.15, 0.2) is 0 Å². The number of nitrogens with one attached hydrogen (secondary N) is 1. The van der Waals surface area contributed by atoms with Crippen LogP contribution in [0.1, 0.15) is 5.82 Å². The average molecular weight is 227 g/mol. The van der Waals surface area contributed by atoms with E-state index in [2.05, 4.69) is 27.1 Å². The van der Waals surface area contributed by atoms with Gasteiger partial charge >= 0.3 is 0 Å². The van der Waals surface area contributed by atoms with Gasteiger partial charge in [-0.05, 0) is 12.1 Å². The van der Waals surface area contributed by atoms with Gasteiger partial charge in [-0.1, -0.05) is 24.3 Å². The number of imidazole rings is 1. The number of hydrogen-bond donors (Lipinski definition) is 2. The molecular weight excluding hydrogens is 214 g/mol. The molecule has 17 heavy (non-hydrogen) atoms. The summed E-state index contributed by atoms with van der Waals surface area (Å²) in [6, 6.07) is 12.1. The Morgan fingerprint density at radius 1 is 1.00 bits per heavy atom. The fourth-order valence-corrected chi connectivity index (χ4v) is 1.40. The number of aromatic nitrogens is 3. The summed E-state index contributed by atoms with van der Waals surface area (Å²) in [5, 5.41) is 9.53. The van der Waals surface area contributed by atoms with E-state index in [1.165, 1.54) is 5.39 Å². The van der Waals surface area contributed by atoms with Gasteiger partial charge in [-0.3, -0.25) is 4.98 Å². The van der Waals surface area contributed by atoms with Crippen molar-refractivity contribution in [2.45, 2.75) is 6.61 Å². The van der Waals surface area contributed by atoms with E-state index in [0.717, 1.165) is 5.52 Å². The molecule has 2 N–H and O–H groups in total. The van der Waals surface area contributed by atoms with Crippen LogP contribution in [-0.4, -0.2) is 20.1 Å². The molecule has 0 aliphatic heterocycles. The van der Waals surface area contributed by atoms with E-state index in [-0.39, 0.29) is 6.61 Å². The zero-order valence-corrected chi connectivity index (χ0v) is 9.24. The lowest BCUT2D eigenvalue weighted by Gasteiger charge is -1.91. The quantitative estimate of drug-likeness (QED) is 0.669. The first kappa shape index (κ1) is 11.3. The van der Waals surface area contributed by atoms with Crippen molar-refractivity contribution in [3.8, 4) is 0 Å². The van der Waals surface area contributed by atoms with E-state index in [1.807, 2.05) is 30.5 Å². The average Bonchev–Trinajstić information content (AvgIpc) is 2.93. The number of aliphatic hydroxyl groups excluding tert-OH is 1. The number of nitrogens with zero attached hydrogens (tertiary/aromatic N) is 2. The summed E-state index contributed by atoms with van der Waals surface area (Å²) in [5.41, 5.74) is 1.06. The first-order valence-corrected chi connectivity index (χ1v) is 5.29. The van der Waals surface area contributed by atoms with Crippen LogP contribution < -0.4 is 0 Å². The molecule has 86 valence electrons. The summed E-state index contributed by atoms with van der Waals surface area (Å²) < 4.78 is 0. The Morgan fingerprint density at radius 2 is 1.82 bits per heavy atom. The van der Waals surface area contributed by atoms with E-state index in [9.17, 15) is 0 Å². The molecule has 3 rings (SSSR count). The lowest BCUT2D eigenvalue weighted by Crippen LogP contribution is -1.82. The molecule has 2 aromatic heterocycles. The van der Waals surface area contributed by atoms with Crippen molar-refractivity contribution in [3.05, 3.63) is 60.8 Å². The normalized spacial score (nSPS) is 9.71. The second-order valence-electron chi connectivity index (χ2n) is 3.39. The number of rotatable bonds is 1. The monoisotopic (exact) mass is 227 g/mol. The number of hydrogen-bond acceptors (Lipinski definition) is 3. The number of para-hydroxylation sites is 1. The standard InChI is InChI=1S/C9H7N.C4H6N2O/c1-2-6-9-8(4-1)5-3-7-10-9;7-3-4-5-1-2-6-4/h1-7H;1-2,7H,3H2,(H,5,6). The highest BCUT2D eigenvalue weighted by atomic mass is 16.3. The predicted molar refractivity (Wildman–Crippen MR) is 66.3 cm³/mol. The molecule has 4 nitrogen and oxygen atoms in total. The van der Waals surface area contributed by atoms with Crippen LogP contribution in [0.25, 0.3) is 10.9 Å². The Balaban J connectivity index is 0.000000136. The van der Waals surface area contributed by atoms with E-state index in [0.29, 0.717) is 5.82 Å². The van der Waals surface area contributed by atoms with E-state index in [4.69, 9.17) is 5.11 Å². The van der Waals surface area contributed by atoms with Gasteiger partial charge in [-0.25, -0.2) is 4.98 Å². The summed E-state index contributed by atoms with van der Waals surface area (Å²) in [5.74, 6) is 0.611. The van der Waals surface area contributed by atoms with Crippen molar-refractivity contribution in [2.24, 2.45) is 0 Å². The molecule has 0 bridgehead atoms. The Bertz CT molecular complexity index is 498. The van der Waals surface area contributed by atoms with Crippen molar-refractivity contribution in [2.75, 3.05) is 0 Å². The molecule has 0 saturated carbocycles. The van der Waals surface area contributed by atoms with Crippen LogP contribution in [0, 0.1) is 0 Å². The van der Waals surface area contributed by atoms with Crippen molar-refractivity contribution < 1.29 is 5.11 Å². The van der Waals surface area contributed by atoms with Gasteiger partial charge in [0.25, 0.3) is 0 Å². The van der Waals surface area contributed by atoms with Crippen LogP contribution in [0.2, 0.25) is 0 Å². The van der Waals surface area contributed by atoms with Gasteiger partial charge in [0, 0.05) is 24.0 Å². The first-order chi connectivity index (χ1) is 8.40. The summed E-state index contributed by atoms with van der Waals surface area (Å²) in [7, 11) is 0. The molecule has 0 radical (unpaired) electrons. The van der Waals surface area contributed by atoms with Crippen molar-refractivity contribution >= 4 is 10.9 Å². The first-order valence-electron chi connectivity index (χ1n) is 5.29. The molecule has 3 aromatic rings. The minimum atomic E-state index is -0.00694. The number of aromatic amines is 1. The van der Waals surface area contributed by atoms with Gasteiger partial charge in [0.05, 0.1) is 5.52 Å². The summed E-state index contributed by atoms with van der Waals surface area (Å²) in [6.45, 7) is -0.00694. The highest BCUT2D eigenvalue weighted by Gasteiger charge is 1.86. The number of aliphatic hydroxyl groups is 1. The SMILES string of the molecule is OCc1ncc[nH]1.c1ccc2ncccc2c1. The molecule has 0 atom stereocenters. The van der Waals surface area contributed by atoms with Crippen LogP contribution >= 0.6 is 0 Å². The minimum Gasteiger partial charge on any atom is -0.388 e. The Labute approximate surface area is 99.0 Å². The Kier molecular flexibility index (Phi) is 3.83. The molecular formula is C13H13N3O. The van der Waals surface area contributed by atoms with Crippen LogP contribution in [0.3, 0.4) is 0 Å². The van der Waals surface area contributed by atoms with Gasteiger partial charge in [0.2, 0.25) is 0 Å². The molecule has 0 unspecified atom stereocenters. The van der Waals surface area contributed by atoms with Crippen molar-refractivity contribution in [1.82, 2.24) is 15.0 Å². The molecule has 0 saturated heterocycles. The largest absolute Gasteiger partial charge is 0.388 e.